The third-order valence-electron chi connectivity index (χ3n) is 3.50. The molecule has 0 spiro atoms. The van der Waals surface area contributed by atoms with Gasteiger partial charge in [0.1, 0.15) is 6.04 Å². The van der Waals surface area contributed by atoms with E-state index in [1.807, 2.05) is 54.6 Å². The van der Waals surface area contributed by atoms with Crippen LogP contribution >= 0.6 is 12.2 Å². The van der Waals surface area contributed by atoms with Gasteiger partial charge in [-0.05, 0) is 23.8 Å². The number of para-hydroxylation sites is 1. The molecule has 0 radical (unpaired) electrons. The lowest BCUT2D eigenvalue weighted by atomic mass is 10.0. The fourth-order valence-electron chi connectivity index (χ4n) is 2.41. The molecular formula is C17H16N2O2S. The van der Waals surface area contributed by atoms with Gasteiger partial charge in [0.05, 0.1) is 6.61 Å². The predicted molar refractivity (Wildman–Crippen MR) is 90.6 cm³/mol. The lowest BCUT2D eigenvalue weighted by Crippen LogP contribution is -2.40. The van der Waals surface area contributed by atoms with Gasteiger partial charge in [0.25, 0.3) is 0 Å². The second-order valence-electron chi connectivity index (χ2n) is 5.02. The number of cyclic esters (lactones) is 1. The highest BCUT2D eigenvalue weighted by molar-refractivity contribution is 7.80. The summed E-state index contributed by atoms with van der Waals surface area (Å²) in [5.41, 5.74) is 3.06. The summed E-state index contributed by atoms with van der Waals surface area (Å²) in [6, 6.07) is 17.6. The van der Waals surface area contributed by atoms with E-state index < -0.39 is 0 Å². The van der Waals surface area contributed by atoms with E-state index >= 15 is 0 Å². The zero-order valence-corrected chi connectivity index (χ0v) is 12.7. The van der Waals surface area contributed by atoms with Crippen molar-refractivity contribution >= 4 is 29.0 Å². The Balaban J connectivity index is 1.75. The molecule has 2 N–H and O–H groups in total. The number of anilines is 1. The van der Waals surface area contributed by atoms with E-state index in [9.17, 15) is 4.79 Å². The lowest BCUT2D eigenvalue weighted by molar-refractivity contribution is -0.139. The maximum atomic E-state index is 11.5. The first kappa shape index (κ1) is 14.5. The third-order valence-corrected chi connectivity index (χ3v) is 3.72. The standard InChI is InChI=1S/C17H16N2O2S/c20-16-15(10-11-21-16)19-17(22)18-14-9-5-4-8-13(14)12-6-2-1-3-7-12/h1-9,15H,10-11H2,(H2,18,19,22). The number of carbonyl (C=O) groups is 1. The van der Waals surface area contributed by atoms with Crippen LogP contribution in [-0.4, -0.2) is 23.7 Å². The molecule has 1 unspecified atom stereocenters. The average Bonchev–Trinajstić information content (AvgIpc) is 2.94. The average molecular weight is 312 g/mol. The van der Waals surface area contributed by atoms with Crippen molar-refractivity contribution in [2.75, 3.05) is 11.9 Å². The van der Waals surface area contributed by atoms with Crippen LogP contribution in [0.15, 0.2) is 54.6 Å². The van der Waals surface area contributed by atoms with Gasteiger partial charge in [-0.3, -0.25) is 0 Å². The zero-order chi connectivity index (χ0) is 15.4. The molecule has 0 aromatic heterocycles. The van der Waals surface area contributed by atoms with Crippen LogP contribution in [0.3, 0.4) is 0 Å². The molecule has 1 heterocycles. The molecule has 1 aliphatic rings. The van der Waals surface area contributed by atoms with Crippen LogP contribution in [0.2, 0.25) is 0 Å². The second-order valence-corrected chi connectivity index (χ2v) is 5.43. The zero-order valence-electron chi connectivity index (χ0n) is 11.9. The summed E-state index contributed by atoms with van der Waals surface area (Å²) in [7, 11) is 0. The van der Waals surface area contributed by atoms with E-state index in [0.717, 1.165) is 16.8 Å². The van der Waals surface area contributed by atoms with E-state index in [1.165, 1.54) is 0 Å². The van der Waals surface area contributed by atoms with Gasteiger partial charge in [0, 0.05) is 17.7 Å². The van der Waals surface area contributed by atoms with E-state index in [1.54, 1.807) is 0 Å². The largest absolute Gasteiger partial charge is 0.464 e. The summed E-state index contributed by atoms with van der Waals surface area (Å²) in [6.45, 7) is 0.444. The molecule has 112 valence electrons. The Kier molecular flexibility index (Phi) is 4.34. The Morgan fingerprint density at radius 3 is 2.55 bits per heavy atom. The van der Waals surface area contributed by atoms with Gasteiger partial charge in [-0.2, -0.15) is 0 Å². The Morgan fingerprint density at radius 2 is 1.82 bits per heavy atom. The molecule has 0 aliphatic carbocycles. The number of rotatable bonds is 3. The van der Waals surface area contributed by atoms with Crippen molar-refractivity contribution in [3.05, 3.63) is 54.6 Å². The molecule has 3 rings (SSSR count). The highest BCUT2D eigenvalue weighted by Gasteiger charge is 2.26. The number of ether oxygens (including phenoxy) is 1. The summed E-state index contributed by atoms with van der Waals surface area (Å²) in [6.07, 6.45) is 0.640. The quantitative estimate of drug-likeness (QED) is 0.674. The summed E-state index contributed by atoms with van der Waals surface area (Å²) >= 11 is 5.31. The molecular weight excluding hydrogens is 296 g/mol. The number of benzene rings is 2. The molecule has 0 amide bonds. The van der Waals surface area contributed by atoms with Gasteiger partial charge in [0.15, 0.2) is 5.11 Å². The summed E-state index contributed by atoms with van der Waals surface area (Å²) in [4.78, 5) is 11.5. The number of hydrogen-bond acceptors (Lipinski definition) is 3. The molecule has 4 nitrogen and oxygen atoms in total. The lowest BCUT2D eigenvalue weighted by Gasteiger charge is -2.16. The van der Waals surface area contributed by atoms with Crippen LogP contribution < -0.4 is 10.6 Å². The van der Waals surface area contributed by atoms with E-state index in [2.05, 4.69) is 10.6 Å². The molecule has 2 aromatic rings. The molecule has 0 bridgehead atoms. The minimum Gasteiger partial charge on any atom is -0.464 e. The molecule has 1 saturated heterocycles. The molecule has 1 fully saturated rings. The summed E-state index contributed by atoms with van der Waals surface area (Å²) in [5, 5.41) is 6.59. The Bertz CT molecular complexity index is 688. The minimum atomic E-state index is -0.358. The molecule has 1 aliphatic heterocycles. The van der Waals surface area contributed by atoms with E-state index in [-0.39, 0.29) is 12.0 Å². The van der Waals surface area contributed by atoms with Gasteiger partial charge < -0.3 is 15.4 Å². The number of thiocarbonyl (C=S) groups is 1. The number of hydrogen-bond donors (Lipinski definition) is 2. The van der Waals surface area contributed by atoms with Crippen LogP contribution in [-0.2, 0) is 9.53 Å². The van der Waals surface area contributed by atoms with Gasteiger partial charge in [-0.15, -0.1) is 0 Å². The van der Waals surface area contributed by atoms with Crippen LogP contribution in [0.1, 0.15) is 6.42 Å². The highest BCUT2D eigenvalue weighted by Crippen LogP contribution is 2.27. The van der Waals surface area contributed by atoms with Crippen LogP contribution in [0.5, 0.6) is 0 Å². The monoisotopic (exact) mass is 312 g/mol. The van der Waals surface area contributed by atoms with Crippen molar-refractivity contribution in [2.45, 2.75) is 12.5 Å². The van der Waals surface area contributed by atoms with Gasteiger partial charge in [-0.25, -0.2) is 4.79 Å². The van der Waals surface area contributed by atoms with Gasteiger partial charge in [0.2, 0.25) is 0 Å². The molecule has 22 heavy (non-hydrogen) atoms. The Hall–Kier alpha value is -2.40. The van der Waals surface area contributed by atoms with Crippen molar-refractivity contribution in [3.8, 4) is 11.1 Å². The maximum absolute atomic E-state index is 11.5. The van der Waals surface area contributed by atoms with Crippen molar-refractivity contribution in [1.29, 1.82) is 0 Å². The smallest absolute Gasteiger partial charge is 0.328 e. The predicted octanol–water partition coefficient (Wildman–Crippen LogP) is 2.96. The van der Waals surface area contributed by atoms with Crippen molar-refractivity contribution in [2.24, 2.45) is 0 Å². The van der Waals surface area contributed by atoms with Crippen molar-refractivity contribution in [1.82, 2.24) is 5.32 Å². The van der Waals surface area contributed by atoms with Crippen molar-refractivity contribution < 1.29 is 9.53 Å². The van der Waals surface area contributed by atoms with Gasteiger partial charge in [-0.1, -0.05) is 48.5 Å². The Labute approximate surface area is 134 Å². The summed E-state index contributed by atoms with van der Waals surface area (Å²) in [5.74, 6) is -0.250. The fraction of sp³-hybridized carbons (Fsp3) is 0.176. The normalized spacial score (nSPS) is 16.9. The first-order chi connectivity index (χ1) is 10.7. The molecule has 2 aromatic carbocycles. The molecule has 1 atom stereocenters. The van der Waals surface area contributed by atoms with Crippen LogP contribution in [0.4, 0.5) is 5.69 Å². The number of nitrogens with one attached hydrogen (secondary N) is 2. The number of carbonyl (C=O) groups excluding carboxylic acids is 1. The summed E-state index contributed by atoms with van der Waals surface area (Å²) < 4.78 is 4.92. The van der Waals surface area contributed by atoms with Crippen molar-refractivity contribution in [3.63, 3.8) is 0 Å². The van der Waals surface area contributed by atoms with Crippen LogP contribution in [0.25, 0.3) is 11.1 Å². The third kappa shape index (κ3) is 3.26. The highest BCUT2D eigenvalue weighted by atomic mass is 32.1. The Morgan fingerprint density at radius 1 is 1.09 bits per heavy atom. The first-order valence-corrected chi connectivity index (χ1v) is 7.53. The van der Waals surface area contributed by atoms with Crippen LogP contribution in [0, 0.1) is 0 Å². The topological polar surface area (TPSA) is 50.4 Å². The molecule has 0 saturated carbocycles. The maximum Gasteiger partial charge on any atom is 0.328 e. The SMILES string of the molecule is O=C1OCCC1NC(=S)Nc1ccccc1-c1ccccc1. The second kappa shape index (κ2) is 6.58. The first-order valence-electron chi connectivity index (χ1n) is 7.12. The van der Waals surface area contributed by atoms with E-state index in [4.69, 9.17) is 17.0 Å². The van der Waals surface area contributed by atoms with Gasteiger partial charge >= 0.3 is 5.97 Å². The number of esters is 1. The fourth-order valence-corrected chi connectivity index (χ4v) is 2.66. The minimum absolute atomic E-state index is 0.250. The molecule has 5 heteroatoms. The van der Waals surface area contributed by atoms with E-state index in [0.29, 0.717) is 18.1 Å².